The van der Waals surface area contributed by atoms with Crippen LogP contribution < -0.4 is 0 Å². The molecule has 0 spiro atoms. The number of hydrogen-bond donors (Lipinski definition) is 0. The number of rotatable bonds is 12. The highest BCUT2D eigenvalue weighted by Crippen LogP contribution is 2.50. The first-order valence-electron chi connectivity index (χ1n) is 49.5. The molecule has 0 aliphatic carbocycles. The first kappa shape index (κ1) is 84.6. The van der Waals surface area contributed by atoms with Crippen molar-refractivity contribution in [2.24, 2.45) is 0 Å². The number of benzene rings is 22. The fourth-order valence-electron chi connectivity index (χ4n) is 22.0. The van der Waals surface area contributed by atoms with E-state index < -0.39 is 0 Å². The molecule has 0 aliphatic heterocycles. The fraction of sp³-hybridized carbons (Fsp3) is 0. The van der Waals surface area contributed by atoms with Gasteiger partial charge in [-0.25, -0.2) is 44.9 Å². The second kappa shape index (κ2) is 34.8. The van der Waals surface area contributed by atoms with Crippen LogP contribution in [0.5, 0.6) is 0 Å². The van der Waals surface area contributed by atoms with Crippen molar-refractivity contribution in [1.82, 2.24) is 58.6 Å². The van der Waals surface area contributed by atoms with Crippen LogP contribution in [0.4, 0.5) is 0 Å². The van der Waals surface area contributed by atoms with Gasteiger partial charge in [0.25, 0.3) is 0 Å². The molecule has 15 heteroatoms. The van der Waals surface area contributed by atoms with Crippen molar-refractivity contribution < 1.29 is 13.3 Å². The second-order valence-corrected chi connectivity index (χ2v) is 37.2. The van der Waals surface area contributed by atoms with Gasteiger partial charge in [-0.15, -0.1) is 0 Å². The number of hydrogen-bond acceptors (Lipinski definition) is 12. The van der Waals surface area contributed by atoms with Crippen molar-refractivity contribution in [3.8, 4) is 120 Å². The predicted octanol–water partition coefficient (Wildman–Crippen LogP) is 34.2. The van der Waals surface area contributed by atoms with E-state index >= 15 is 0 Å². The first-order valence-corrected chi connectivity index (χ1v) is 49.5. The summed E-state index contributed by atoms with van der Waals surface area (Å²) in [7, 11) is 0. The number of para-hydroxylation sites is 5. The Morgan fingerprint density at radius 3 is 0.730 bits per heavy atom. The standard InChI is InChI=1S/C47H28N4O.2C43H26N4O/c1-3-15-31(16-4-1)45-48-46(32-17-5-2-6-18-32)50-47(49-45)36-25-28-39(43-35-21-11-12-22-40(35)52-44(36)43)51-37-26-23-29-13-7-9-19-33(29)41(37)42-34-20-10-8-14-30(34)24-27-38(42)51;1-3-14-28(15-4-1)41-44-42(29-16-5-2-6-17-29)46-43(45-41)33-24-26-36(39-32-20-10-12-22-37(32)48-40(33)39)47-34-21-11-9-19-31(34)38-30-18-8-7-13-27(30)23-25-35(38)47;1-3-13-27(14-4-1)41-44-42(28-15-5-2-6-16-28)46-43(45-41)33-23-24-36(39-32-20-10-12-22-38(32)48-40(33)39)47-35-21-11-9-19-31(35)34-25-29-17-7-8-18-30(29)26-37(34)47/h1-28H;2*1-26H. The van der Waals surface area contributed by atoms with Gasteiger partial charge in [-0.05, 0) is 140 Å². The molecule has 0 bridgehead atoms. The van der Waals surface area contributed by atoms with Gasteiger partial charge in [-0.3, -0.25) is 0 Å². The van der Waals surface area contributed by atoms with Gasteiger partial charge in [-0.1, -0.05) is 388 Å². The summed E-state index contributed by atoms with van der Waals surface area (Å²) >= 11 is 0. The quantitative estimate of drug-likeness (QED) is 0.114. The Morgan fingerprint density at radius 2 is 0.385 bits per heavy atom. The highest BCUT2D eigenvalue weighted by atomic mass is 16.3. The highest BCUT2D eigenvalue weighted by molar-refractivity contribution is 6.30. The Balaban J connectivity index is 0.000000105. The van der Waals surface area contributed by atoms with Crippen LogP contribution in [0.2, 0.25) is 0 Å². The normalized spacial score (nSPS) is 11.8. The van der Waals surface area contributed by atoms with Gasteiger partial charge >= 0.3 is 0 Å². The summed E-state index contributed by atoms with van der Waals surface area (Å²) in [5.74, 6) is 5.35. The van der Waals surface area contributed by atoms with Gasteiger partial charge < -0.3 is 27.0 Å². The maximum atomic E-state index is 6.82. The van der Waals surface area contributed by atoms with Crippen LogP contribution in [0.25, 0.3) is 294 Å². The molecule has 22 aromatic carbocycles. The molecule has 0 unspecified atom stereocenters. The van der Waals surface area contributed by atoms with E-state index in [0.717, 1.165) is 166 Å². The average molecular weight is 1890 g/mol. The van der Waals surface area contributed by atoms with E-state index in [2.05, 4.69) is 281 Å². The van der Waals surface area contributed by atoms with E-state index in [9.17, 15) is 0 Å². The van der Waals surface area contributed by atoms with E-state index in [1.54, 1.807) is 0 Å². The molecule has 0 aliphatic rings. The van der Waals surface area contributed by atoms with Crippen LogP contribution in [-0.4, -0.2) is 58.6 Å². The molecule has 31 aromatic rings. The Kier molecular flexibility index (Phi) is 19.9. The lowest BCUT2D eigenvalue weighted by atomic mass is 10.00. The lowest BCUT2D eigenvalue weighted by Crippen LogP contribution is -2.01. The van der Waals surface area contributed by atoms with Crippen LogP contribution in [0, 0.1) is 0 Å². The van der Waals surface area contributed by atoms with E-state index in [0.29, 0.717) is 52.4 Å². The molecule has 0 saturated heterocycles. The molecular formula is C133H80N12O3. The summed E-state index contributed by atoms with van der Waals surface area (Å²) in [5, 5.41) is 23.3. The monoisotopic (exact) mass is 1890 g/mol. The number of furan rings is 3. The third-order valence-corrected chi connectivity index (χ3v) is 28.7. The van der Waals surface area contributed by atoms with Gasteiger partial charge in [0.1, 0.15) is 33.5 Å². The van der Waals surface area contributed by atoms with Gasteiger partial charge in [0.05, 0.1) is 83.0 Å². The maximum Gasteiger partial charge on any atom is 0.167 e. The van der Waals surface area contributed by atoms with Crippen LogP contribution in [0.3, 0.4) is 0 Å². The Hall–Kier alpha value is -20.3. The molecule has 9 heterocycles. The molecule has 0 radical (unpaired) electrons. The number of fused-ring (bicyclic) bond motifs is 25. The van der Waals surface area contributed by atoms with Crippen molar-refractivity contribution in [3.63, 3.8) is 0 Å². The van der Waals surface area contributed by atoms with Crippen LogP contribution in [0.15, 0.2) is 499 Å². The van der Waals surface area contributed by atoms with Gasteiger partial charge in [0.2, 0.25) is 0 Å². The predicted molar refractivity (Wildman–Crippen MR) is 603 cm³/mol. The van der Waals surface area contributed by atoms with E-state index in [-0.39, 0.29) is 0 Å². The molecular weight excluding hydrogens is 1810 g/mol. The zero-order valence-electron chi connectivity index (χ0n) is 79.3. The third kappa shape index (κ3) is 14.1. The van der Waals surface area contributed by atoms with Gasteiger partial charge in [-0.2, -0.15) is 0 Å². The second-order valence-electron chi connectivity index (χ2n) is 37.2. The lowest BCUT2D eigenvalue weighted by molar-refractivity contribution is 0.669. The first-order chi connectivity index (χ1) is 73.4. The highest BCUT2D eigenvalue weighted by Gasteiger charge is 2.30. The smallest absolute Gasteiger partial charge is 0.167 e. The van der Waals surface area contributed by atoms with Gasteiger partial charge in [0, 0.05) is 81.9 Å². The summed E-state index contributed by atoms with van der Waals surface area (Å²) in [6.07, 6.45) is 0. The van der Waals surface area contributed by atoms with Crippen molar-refractivity contribution in [2.45, 2.75) is 0 Å². The number of nitrogens with zero attached hydrogens (tertiary/aromatic N) is 12. The third-order valence-electron chi connectivity index (χ3n) is 28.7. The molecule has 0 atom stereocenters. The van der Waals surface area contributed by atoms with Crippen LogP contribution in [-0.2, 0) is 0 Å². The molecule has 15 nitrogen and oxygen atoms in total. The van der Waals surface area contributed by atoms with Crippen molar-refractivity contribution in [3.05, 3.63) is 485 Å². The van der Waals surface area contributed by atoms with E-state index in [1.165, 1.54) is 75.4 Å². The summed E-state index contributed by atoms with van der Waals surface area (Å²) in [6, 6.07) is 168. The zero-order chi connectivity index (χ0) is 97.4. The lowest BCUT2D eigenvalue weighted by Gasteiger charge is -2.13. The van der Waals surface area contributed by atoms with Crippen molar-refractivity contribution in [2.75, 3.05) is 0 Å². The molecule has 0 fully saturated rings. The number of aromatic nitrogens is 12. The molecule has 31 rings (SSSR count). The summed E-state index contributed by atoms with van der Waals surface area (Å²) in [4.78, 5) is 45.2. The molecule has 9 aromatic heterocycles. The Bertz CT molecular complexity index is 10300. The van der Waals surface area contributed by atoms with E-state index in [4.69, 9.17) is 58.1 Å². The Morgan fingerprint density at radius 1 is 0.142 bits per heavy atom. The molecule has 0 amide bonds. The minimum atomic E-state index is 0.558. The summed E-state index contributed by atoms with van der Waals surface area (Å²) in [6.45, 7) is 0. The zero-order valence-corrected chi connectivity index (χ0v) is 79.3. The molecule has 0 N–H and O–H groups in total. The average Bonchev–Trinajstić information content (AvgIpc) is 1.54. The molecule has 148 heavy (non-hydrogen) atoms. The van der Waals surface area contributed by atoms with Crippen LogP contribution in [0.1, 0.15) is 0 Å². The Labute approximate surface area is 845 Å². The minimum Gasteiger partial charge on any atom is -0.455 e. The summed E-state index contributed by atoms with van der Waals surface area (Å²) in [5.41, 5.74) is 22.6. The SMILES string of the molecule is c1ccc(-c2nc(-c3ccccc3)nc(-c3ccc(-n4c5ccc6ccccc6c5c5c6ccccc6ccc54)c4c3oc3ccccc34)n2)cc1.c1ccc(-c2nc(-c3ccccc3)nc(-c3ccc(-n4c5ccccc5c5c6ccccc6ccc54)c4c3oc3ccccc34)n2)cc1.c1ccc(-c2nc(-c3ccccc3)nc(-c3ccc(-n4c5ccccc5c5cc6ccccc6cc54)c4c3oc3ccccc34)n2)cc1. The molecule has 690 valence electrons. The fourth-order valence-corrected chi connectivity index (χ4v) is 22.0. The maximum absolute atomic E-state index is 6.82. The van der Waals surface area contributed by atoms with Crippen LogP contribution >= 0.6 is 0 Å². The molecule has 0 saturated carbocycles. The topological polar surface area (TPSA) is 170 Å². The van der Waals surface area contributed by atoms with Crippen molar-refractivity contribution >= 4 is 174 Å². The minimum absolute atomic E-state index is 0.558. The van der Waals surface area contributed by atoms with Crippen molar-refractivity contribution in [1.29, 1.82) is 0 Å². The summed E-state index contributed by atoms with van der Waals surface area (Å²) < 4.78 is 27.5. The largest absolute Gasteiger partial charge is 0.455 e. The van der Waals surface area contributed by atoms with Gasteiger partial charge in [0.15, 0.2) is 52.4 Å². The van der Waals surface area contributed by atoms with E-state index in [1.807, 2.05) is 218 Å².